The fourth-order valence-electron chi connectivity index (χ4n) is 2.75. The van der Waals surface area contributed by atoms with Crippen LogP contribution in [-0.2, 0) is 21.2 Å². The van der Waals surface area contributed by atoms with Gasteiger partial charge in [-0.3, -0.25) is 4.72 Å². The molecule has 144 valence electrons. The van der Waals surface area contributed by atoms with Gasteiger partial charge < -0.3 is 10.1 Å². The summed E-state index contributed by atoms with van der Waals surface area (Å²) >= 11 is 1.20. The first kappa shape index (κ1) is 18.4. The Balaban J connectivity index is 1.49. The fraction of sp³-hybridized carbons (Fsp3) is 0.167. The Morgan fingerprint density at radius 2 is 1.86 bits per heavy atom. The molecule has 2 N–H and O–H groups in total. The highest BCUT2D eigenvalue weighted by molar-refractivity contribution is 7.93. The lowest BCUT2D eigenvalue weighted by Gasteiger charge is -2.14. The third-order valence-electron chi connectivity index (χ3n) is 4.14. The minimum absolute atomic E-state index is 0.0927. The monoisotopic (exact) mass is 416 g/mol. The molecule has 0 aliphatic carbocycles. The number of carbonyl (C=O) groups is 1. The van der Waals surface area contributed by atoms with E-state index >= 15 is 0 Å². The van der Waals surface area contributed by atoms with Gasteiger partial charge in [-0.2, -0.15) is 0 Å². The number of hydrogen-bond acceptors (Lipinski definition) is 8. The van der Waals surface area contributed by atoms with E-state index in [-0.39, 0.29) is 16.0 Å². The van der Waals surface area contributed by atoms with Gasteiger partial charge in [0.15, 0.2) is 0 Å². The molecule has 1 aliphatic heterocycles. The normalized spacial score (nSPS) is 15.8. The molecule has 1 aromatic heterocycles. The van der Waals surface area contributed by atoms with E-state index in [0.717, 1.165) is 10.6 Å². The Morgan fingerprint density at radius 3 is 2.57 bits per heavy atom. The van der Waals surface area contributed by atoms with E-state index in [1.54, 1.807) is 24.3 Å². The van der Waals surface area contributed by atoms with Crippen molar-refractivity contribution in [2.45, 2.75) is 24.5 Å². The number of ether oxygens (including phenoxy) is 1. The number of rotatable bonds is 6. The summed E-state index contributed by atoms with van der Waals surface area (Å²) in [6.45, 7) is 1.92. The quantitative estimate of drug-likeness (QED) is 0.594. The first-order chi connectivity index (χ1) is 13.5. The highest BCUT2D eigenvalue weighted by atomic mass is 32.2. The number of fused-ring (bicyclic) bond motifs is 1. The highest BCUT2D eigenvalue weighted by Gasteiger charge is 2.30. The van der Waals surface area contributed by atoms with Crippen molar-refractivity contribution in [3.8, 4) is 0 Å². The van der Waals surface area contributed by atoms with Crippen LogP contribution < -0.4 is 10.0 Å². The average Bonchev–Trinajstić information content (AvgIpc) is 3.27. The maximum atomic E-state index is 12.5. The summed E-state index contributed by atoms with van der Waals surface area (Å²) in [6.07, 6.45) is 0.0763. The predicted molar refractivity (Wildman–Crippen MR) is 105 cm³/mol. The molecule has 2 aromatic carbocycles. The molecule has 0 saturated carbocycles. The number of nitrogens with one attached hydrogen (secondary N) is 2. The van der Waals surface area contributed by atoms with Gasteiger partial charge in [0.05, 0.1) is 10.5 Å². The summed E-state index contributed by atoms with van der Waals surface area (Å²) < 4.78 is 32.8. The van der Waals surface area contributed by atoms with Crippen LogP contribution in [-0.4, -0.2) is 24.6 Å². The van der Waals surface area contributed by atoms with Crippen molar-refractivity contribution in [3.05, 3.63) is 64.7 Å². The highest BCUT2D eigenvalue weighted by Crippen LogP contribution is 2.31. The van der Waals surface area contributed by atoms with Crippen LogP contribution in [0.15, 0.2) is 53.4 Å². The maximum absolute atomic E-state index is 12.5. The van der Waals surface area contributed by atoms with E-state index < -0.39 is 16.3 Å². The summed E-state index contributed by atoms with van der Waals surface area (Å²) in [5, 5.41) is 11.8. The zero-order valence-corrected chi connectivity index (χ0v) is 16.4. The number of esters is 1. The van der Waals surface area contributed by atoms with Crippen molar-refractivity contribution in [1.82, 2.24) is 10.2 Å². The molecule has 1 atom stereocenters. The van der Waals surface area contributed by atoms with Crippen molar-refractivity contribution in [1.29, 1.82) is 0 Å². The molecule has 8 nitrogen and oxygen atoms in total. The lowest BCUT2D eigenvalue weighted by molar-refractivity contribution is 0.0437. The van der Waals surface area contributed by atoms with E-state index in [0.29, 0.717) is 17.7 Å². The van der Waals surface area contributed by atoms with Crippen molar-refractivity contribution >= 4 is 38.1 Å². The molecule has 4 rings (SSSR count). The number of hydrogen-bond donors (Lipinski definition) is 2. The van der Waals surface area contributed by atoms with Crippen molar-refractivity contribution in [3.63, 3.8) is 0 Å². The molecular weight excluding hydrogens is 400 g/mol. The fourth-order valence-corrected chi connectivity index (χ4v) is 4.66. The van der Waals surface area contributed by atoms with E-state index in [1.807, 2.05) is 19.1 Å². The van der Waals surface area contributed by atoms with E-state index in [2.05, 4.69) is 20.2 Å². The van der Waals surface area contributed by atoms with Gasteiger partial charge in [0.1, 0.15) is 5.01 Å². The lowest BCUT2D eigenvalue weighted by atomic mass is 10.1. The maximum Gasteiger partial charge on any atom is 0.340 e. The summed E-state index contributed by atoms with van der Waals surface area (Å²) in [7, 11) is -3.76. The Kier molecular flexibility index (Phi) is 4.73. The van der Waals surface area contributed by atoms with Crippen molar-refractivity contribution in [2.75, 3.05) is 10.0 Å². The third kappa shape index (κ3) is 3.56. The van der Waals surface area contributed by atoms with Crippen LogP contribution >= 0.6 is 11.3 Å². The number of benzene rings is 2. The summed E-state index contributed by atoms with van der Waals surface area (Å²) in [6, 6.07) is 13.3. The minimum Gasteiger partial charge on any atom is -0.434 e. The molecular formula is C18H16N4O4S2. The van der Waals surface area contributed by atoms with Gasteiger partial charge in [0.2, 0.25) is 11.4 Å². The number of anilines is 2. The molecule has 0 amide bonds. The molecule has 28 heavy (non-hydrogen) atoms. The largest absolute Gasteiger partial charge is 0.434 e. The molecule has 0 radical (unpaired) electrons. The summed E-state index contributed by atoms with van der Waals surface area (Å²) in [5.41, 5.74) is 1.89. The topological polar surface area (TPSA) is 110 Å². The van der Waals surface area contributed by atoms with Crippen LogP contribution in [0.2, 0.25) is 0 Å². The van der Waals surface area contributed by atoms with Crippen LogP contribution in [0, 0.1) is 0 Å². The Hall–Kier alpha value is -2.98. The summed E-state index contributed by atoms with van der Waals surface area (Å²) in [5.74, 6) is -0.389. The molecule has 3 aromatic rings. The predicted octanol–water partition coefficient (Wildman–Crippen LogP) is 3.18. The molecule has 2 heterocycles. The van der Waals surface area contributed by atoms with Crippen LogP contribution in [0.3, 0.4) is 0 Å². The first-order valence-electron chi connectivity index (χ1n) is 8.48. The van der Waals surface area contributed by atoms with Crippen molar-refractivity contribution in [2.24, 2.45) is 0 Å². The van der Waals surface area contributed by atoms with Crippen molar-refractivity contribution < 1.29 is 17.9 Å². The van der Waals surface area contributed by atoms with Crippen LogP contribution in [0.25, 0.3) is 0 Å². The average molecular weight is 416 g/mol. The van der Waals surface area contributed by atoms with Crippen LogP contribution in [0.1, 0.15) is 34.1 Å². The second kappa shape index (κ2) is 7.21. The number of aryl methyl sites for hydroxylation is 1. The SMILES string of the molecule is CCc1nnc(NS(=O)(=O)c2ccc(N[C@H]3OC(=O)c4ccccc43)cc2)s1. The summed E-state index contributed by atoms with van der Waals surface area (Å²) in [4.78, 5) is 12.0. The van der Waals surface area contributed by atoms with Gasteiger partial charge in [0, 0.05) is 11.3 Å². The zero-order valence-electron chi connectivity index (χ0n) is 14.7. The molecule has 0 saturated heterocycles. The second-order valence-corrected chi connectivity index (χ2v) is 8.75. The molecule has 0 unspecified atom stereocenters. The number of cyclic esters (lactones) is 1. The lowest BCUT2D eigenvalue weighted by Crippen LogP contribution is -2.13. The van der Waals surface area contributed by atoms with Crippen LogP contribution in [0.5, 0.6) is 0 Å². The van der Waals surface area contributed by atoms with Gasteiger partial charge in [-0.05, 0) is 36.8 Å². The number of sulfonamides is 1. The first-order valence-corrected chi connectivity index (χ1v) is 10.8. The number of carbonyl (C=O) groups excluding carboxylic acids is 1. The van der Waals surface area contributed by atoms with Gasteiger partial charge in [-0.25, -0.2) is 13.2 Å². The smallest absolute Gasteiger partial charge is 0.340 e. The number of aromatic nitrogens is 2. The molecule has 1 aliphatic rings. The van der Waals surface area contributed by atoms with Crippen LogP contribution in [0.4, 0.5) is 10.8 Å². The van der Waals surface area contributed by atoms with Gasteiger partial charge >= 0.3 is 5.97 Å². The second-order valence-electron chi connectivity index (χ2n) is 6.00. The molecule has 0 fully saturated rings. The minimum atomic E-state index is -3.76. The Morgan fingerprint density at radius 1 is 1.11 bits per heavy atom. The van der Waals surface area contributed by atoms with Gasteiger partial charge in [0.25, 0.3) is 10.0 Å². The standard InChI is InChI=1S/C18H16N4O4S2/c1-2-15-20-21-18(27-15)22-28(24,25)12-9-7-11(8-10-12)19-16-13-5-3-4-6-14(13)17(23)26-16/h3-10,16,19H,2H2,1H3,(H,21,22)/t16-/m0/s1. The van der Waals surface area contributed by atoms with E-state index in [9.17, 15) is 13.2 Å². The Labute approximate surface area is 165 Å². The Bertz CT molecular complexity index is 1130. The number of nitrogens with zero attached hydrogens (tertiary/aromatic N) is 2. The van der Waals surface area contributed by atoms with Gasteiger partial charge in [-0.1, -0.05) is 36.5 Å². The molecule has 0 spiro atoms. The zero-order chi connectivity index (χ0) is 19.7. The van der Waals surface area contributed by atoms with E-state index in [1.165, 1.54) is 23.5 Å². The van der Waals surface area contributed by atoms with Gasteiger partial charge in [-0.15, -0.1) is 10.2 Å². The third-order valence-corrected chi connectivity index (χ3v) is 6.61. The van der Waals surface area contributed by atoms with E-state index in [4.69, 9.17) is 4.74 Å². The molecule has 0 bridgehead atoms. The molecule has 10 heteroatoms.